The number of hydrogen-bond donors (Lipinski definition) is 0. The summed E-state index contributed by atoms with van der Waals surface area (Å²) in [4.78, 5) is 2.28. The molecule has 2 aromatic rings. The maximum absolute atomic E-state index is 13.4. The molecule has 4 nitrogen and oxygen atoms in total. The Morgan fingerprint density at radius 3 is 2.28 bits per heavy atom. The Morgan fingerprint density at radius 1 is 0.960 bits per heavy atom. The van der Waals surface area contributed by atoms with E-state index in [1.165, 1.54) is 22.5 Å². The number of hydrogen-bond acceptors (Lipinski definition) is 3. The highest BCUT2D eigenvalue weighted by Crippen LogP contribution is 2.27. The van der Waals surface area contributed by atoms with Gasteiger partial charge in [-0.2, -0.15) is 4.31 Å². The van der Waals surface area contributed by atoms with Crippen molar-refractivity contribution in [3.8, 4) is 0 Å². The fraction of sp³-hybridized carbons (Fsp3) is 0.333. The van der Waals surface area contributed by atoms with Gasteiger partial charge in [-0.25, -0.2) is 12.8 Å². The second-order valence-electron chi connectivity index (χ2n) is 6.23. The van der Waals surface area contributed by atoms with Crippen LogP contribution in [-0.2, 0) is 10.0 Å². The zero-order valence-corrected chi connectivity index (χ0v) is 15.7. The van der Waals surface area contributed by atoms with E-state index in [-0.39, 0.29) is 4.90 Å². The van der Waals surface area contributed by atoms with Gasteiger partial charge in [0.25, 0.3) is 0 Å². The average molecular weight is 383 g/mol. The molecule has 0 bridgehead atoms. The number of anilines is 1. The van der Waals surface area contributed by atoms with Crippen LogP contribution in [0.5, 0.6) is 0 Å². The maximum atomic E-state index is 13.4. The van der Waals surface area contributed by atoms with Crippen LogP contribution in [0.1, 0.15) is 11.1 Å². The Labute approximate surface area is 152 Å². The maximum Gasteiger partial charge on any atom is 0.243 e. The molecule has 7 heteroatoms. The van der Waals surface area contributed by atoms with Gasteiger partial charge in [-0.3, -0.25) is 0 Å². The van der Waals surface area contributed by atoms with Crippen LogP contribution < -0.4 is 4.90 Å². The van der Waals surface area contributed by atoms with Crippen molar-refractivity contribution in [3.63, 3.8) is 0 Å². The van der Waals surface area contributed by atoms with Gasteiger partial charge >= 0.3 is 0 Å². The number of nitrogens with zero attached hydrogens (tertiary/aromatic N) is 2. The second kappa shape index (κ2) is 6.94. The summed E-state index contributed by atoms with van der Waals surface area (Å²) >= 11 is 6.08. The van der Waals surface area contributed by atoms with Crippen LogP contribution in [-0.4, -0.2) is 38.9 Å². The summed E-state index contributed by atoms with van der Waals surface area (Å²) < 4.78 is 40.4. The van der Waals surface area contributed by atoms with Crippen LogP contribution >= 0.6 is 11.6 Å². The standard InChI is InChI=1S/C18H20ClFN2O2S/c1-13-3-4-15(19)12-18(13)21-7-9-22(10-8-21)25(23,24)16-5-6-17(20)14(2)11-16/h3-6,11-12H,7-10H2,1-2H3. The molecule has 0 saturated carbocycles. The van der Waals surface area contributed by atoms with E-state index < -0.39 is 15.8 Å². The van der Waals surface area contributed by atoms with E-state index in [2.05, 4.69) is 4.90 Å². The molecule has 3 rings (SSSR count). The van der Waals surface area contributed by atoms with E-state index >= 15 is 0 Å². The number of sulfonamides is 1. The lowest BCUT2D eigenvalue weighted by atomic mass is 10.1. The molecule has 1 aliphatic rings. The normalized spacial score (nSPS) is 16.2. The quantitative estimate of drug-likeness (QED) is 0.814. The molecule has 0 atom stereocenters. The second-order valence-corrected chi connectivity index (χ2v) is 8.61. The van der Waals surface area contributed by atoms with Crippen molar-refractivity contribution in [2.45, 2.75) is 18.7 Å². The molecule has 1 saturated heterocycles. The van der Waals surface area contributed by atoms with Crippen LogP contribution in [0.2, 0.25) is 5.02 Å². The lowest BCUT2D eigenvalue weighted by molar-refractivity contribution is 0.384. The third-order valence-electron chi connectivity index (χ3n) is 4.52. The lowest BCUT2D eigenvalue weighted by Gasteiger charge is -2.36. The molecular weight excluding hydrogens is 363 g/mol. The predicted octanol–water partition coefficient (Wildman–Crippen LogP) is 3.61. The highest BCUT2D eigenvalue weighted by Gasteiger charge is 2.29. The predicted molar refractivity (Wildman–Crippen MR) is 98.3 cm³/mol. The molecule has 0 aliphatic carbocycles. The van der Waals surface area contributed by atoms with E-state index in [1.54, 1.807) is 6.92 Å². The van der Waals surface area contributed by atoms with E-state index in [4.69, 9.17) is 11.6 Å². The Bertz CT molecular complexity index is 894. The molecule has 0 radical (unpaired) electrons. The van der Waals surface area contributed by atoms with Gasteiger partial charge in [0.2, 0.25) is 10.0 Å². The summed E-state index contributed by atoms with van der Waals surface area (Å²) in [6.45, 7) is 5.50. The molecular formula is C18H20ClFN2O2S. The summed E-state index contributed by atoms with van der Waals surface area (Å²) in [5.74, 6) is -0.403. The van der Waals surface area contributed by atoms with Gasteiger partial charge in [-0.15, -0.1) is 0 Å². The van der Waals surface area contributed by atoms with Crippen molar-refractivity contribution in [1.82, 2.24) is 4.31 Å². The Balaban J connectivity index is 1.77. The number of piperazine rings is 1. The topological polar surface area (TPSA) is 40.6 Å². The third-order valence-corrected chi connectivity index (χ3v) is 6.65. The minimum Gasteiger partial charge on any atom is -0.369 e. The van der Waals surface area contributed by atoms with Gasteiger partial charge in [0.05, 0.1) is 4.90 Å². The Kier molecular flexibility index (Phi) is 5.04. The molecule has 2 aromatic carbocycles. The largest absolute Gasteiger partial charge is 0.369 e. The average Bonchev–Trinajstić information content (AvgIpc) is 2.59. The SMILES string of the molecule is Cc1cc(S(=O)(=O)N2CCN(c3cc(Cl)ccc3C)CC2)ccc1F. The molecule has 1 aliphatic heterocycles. The van der Waals surface area contributed by atoms with Crippen LogP contribution in [0.3, 0.4) is 0 Å². The van der Waals surface area contributed by atoms with Crippen molar-refractivity contribution in [3.05, 3.63) is 58.4 Å². The lowest BCUT2D eigenvalue weighted by Crippen LogP contribution is -2.48. The summed E-state index contributed by atoms with van der Waals surface area (Å²) in [5.41, 5.74) is 2.46. The summed E-state index contributed by atoms with van der Waals surface area (Å²) in [7, 11) is -3.61. The zero-order chi connectivity index (χ0) is 18.2. The third kappa shape index (κ3) is 3.66. The molecule has 134 valence electrons. The van der Waals surface area contributed by atoms with Crippen molar-refractivity contribution in [2.24, 2.45) is 0 Å². The van der Waals surface area contributed by atoms with Crippen LogP contribution in [0.25, 0.3) is 0 Å². The fourth-order valence-corrected chi connectivity index (χ4v) is 4.69. The monoisotopic (exact) mass is 382 g/mol. The van der Waals surface area contributed by atoms with Crippen molar-refractivity contribution < 1.29 is 12.8 Å². The minimum atomic E-state index is -3.61. The van der Waals surface area contributed by atoms with Crippen molar-refractivity contribution in [2.75, 3.05) is 31.1 Å². The van der Waals surface area contributed by atoms with Gasteiger partial charge in [-0.05, 0) is 55.3 Å². The van der Waals surface area contributed by atoms with Gasteiger partial charge in [0, 0.05) is 36.9 Å². The molecule has 0 unspecified atom stereocenters. The summed E-state index contributed by atoms with van der Waals surface area (Å²) in [6.07, 6.45) is 0. The van der Waals surface area contributed by atoms with Crippen LogP contribution in [0.15, 0.2) is 41.3 Å². The fourth-order valence-electron chi connectivity index (χ4n) is 3.02. The molecule has 0 N–H and O–H groups in total. The highest BCUT2D eigenvalue weighted by molar-refractivity contribution is 7.89. The smallest absolute Gasteiger partial charge is 0.243 e. The molecule has 0 amide bonds. The Morgan fingerprint density at radius 2 is 1.64 bits per heavy atom. The number of benzene rings is 2. The van der Waals surface area contributed by atoms with E-state index in [1.807, 2.05) is 25.1 Å². The van der Waals surface area contributed by atoms with Crippen molar-refractivity contribution in [1.29, 1.82) is 0 Å². The molecule has 0 aromatic heterocycles. The van der Waals surface area contributed by atoms with E-state index in [0.29, 0.717) is 36.8 Å². The zero-order valence-electron chi connectivity index (χ0n) is 14.2. The van der Waals surface area contributed by atoms with Gasteiger partial charge in [0.1, 0.15) is 5.82 Å². The number of halogens is 2. The molecule has 25 heavy (non-hydrogen) atoms. The first-order chi connectivity index (χ1) is 11.8. The van der Waals surface area contributed by atoms with E-state index in [0.717, 1.165) is 11.3 Å². The summed E-state index contributed by atoms with van der Waals surface area (Å²) in [6, 6.07) is 9.63. The number of rotatable bonds is 3. The number of aryl methyl sites for hydroxylation is 2. The molecule has 0 spiro atoms. The van der Waals surface area contributed by atoms with Crippen LogP contribution in [0, 0.1) is 19.7 Å². The minimum absolute atomic E-state index is 0.138. The highest BCUT2D eigenvalue weighted by atomic mass is 35.5. The van der Waals surface area contributed by atoms with Gasteiger partial charge in [0.15, 0.2) is 0 Å². The van der Waals surface area contributed by atoms with Crippen molar-refractivity contribution >= 4 is 27.3 Å². The first-order valence-corrected chi connectivity index (χ1v) is 9.88. The molecule has 1 heterocycles. The molecule has 1 fully saturated rings. The van der Waals surface area contributed by atoms with Gasteiger partial charge in [-0.1, -0.05) is 17.7 Å². The van der Waals surface area contributed by atoms with Gasteiger partial charge < -0.3 is 4.90 Å². The Hall–Kier alpha value is -1.63. The first-order valence-electron chi connectivity index (χ1n) is 8.06. The van der Waals surface area contributed by atoms with Crippen LogP contribution in [0.4, 0.5) is 10.1 Å². The van der Waals surface area contributed by atoms with E-state index in [9.17, 15) is 12.8 Å². The summed E-state index contributed by atoms with van der Waals surface area (Å²) in [5, 5.41) is 0.664. The first kappa shape index (κ1) is 18.2.